The van der Waals surface area contributed by atoms with Gasteiger partial charge in [0.05, 0.1) is 13.7 Å². The number of carbonyl (C=O) groups excluding carboxylic acids is 1. The van der Waals surface area contributed by atoms with Crippen molar-refractivity contribution in [2.75, 3.05) is 40.6 Å². The quantitative estimate of drug-likeness (QED) is 0.455. The molecule has 0 amide bonds. The van der Waals surface area contributed by atoms with Crippen LogP contribution in [0.4, 0.5) is 0 Å². The predicted molar refractivity (Wildman–Crippen MR) is 73.1 cm³/mol. The van der Waals surface area contributed by atoms with Gasteiger partial charge in [-0.25, -0.2) is 4.79 Å². The Bertz CT molecular complexity index is 268. The molecule has 1 aliphatic rings. The molecule has 1 unspecified atom stereocenters. The van der Waals surface area contributed by atoms with E-state index in [1.807, 2.05) is 0 Å². The van der Waals surface area contributed by atoms with Gasteiger partial charge in [0.15, 0.2) is 0 Å². The maximum atomic E-state index is 12.2. The summed E-state index contributed by atoms with van der Waals surface area (Å²) in [4.78, 5) is 12.2. The van der Waals surface area contributed by atoms with Gasteiger partial charge < -0.3 is 14.2 Å². The van der Waals surface area contributed by atoms with Crippen molar-refractivity contribution in [1.29, 1.82) is 0 Å². The molecule has 0 aromatic heterocycles. The third kappa shape index (κ3) is 4.75. The van der Waals surface area contributed by atoms with Crippen LogP contribution >= 0.6 is 0 Å². The minimum atomic E-state index is -0.655. The Morgan fingerprint density at radius 1 is 1.32 bits per heavy atom. The lowest BCUT2D eigenvalue weighted by atomic mass is 9.94. The van der Waals surface area contributed by atoms with Crippen molar-refractivity contribution in [3.63, 3.8) is 0 Å². The first-order valence-electron chi connectivity index (χ1n) is 7.11. The molecule has 1 atom stereocenters. The first-order chi connectivity index (χ1) is 9.21. The summed E-state index contributed by atoms with van der Waals surface area (Å²) in [6, 6.07) is 0. The first kappa shape index (κ1) is 16.4. The fourth-order valence-electron chi connectivity index (χ4n) is 2.26. The second-order valence-electron chi connectivity index (χ2n) is 5.06. The molecule has 1 aliphatic carbocycles. The Morgan fingerprint density at radius 3 is 2.58 bits per heavy atom. The summed E-state index contributed by atoms with van der Waals surface area (Å²) in [5, 5.41) is 3.36. The van der Waals surface area contributed by atoms with E-state index in [0.29, 0.717) is 25.7 Å². The number of methoxy groups -OCH3 is 2. The van der Waals surface area contributed by atoms with E-state index < -0.39 is 5.54 Å². The summed E-state index contributed by atoms with van der Waals surface area (Å²) in [5.41, 5.74) is -0.655. The van der Waals surface area contributed by atoms with Crippen LogP contribution < -0.4 is 5.32 Å². The highest BCUT2D eigenvalue weighted by molar-refractivity contribution is 5.82. The molecule has 1 saturated carbocycles. The predicted octanol–water partition coefficient (Wildman–Crippen LogP) is 1.36. The minimum Gasteiger partial charge on any atom is -0.468 e. The molecule has 5 heteroatoms. The van der Waals surface area contributed by atoms with Gasteiger partial charge in [0.25, 0.3) is 0 Å². The van der Waals surface area contributed by atoms with E-state index in [4.69, 9.17) is 14.2 Å². The number of hydrogen-bond acceptors (Lipinski definition) is 5. The summed E-state index contributed by atoms with van der Waals surface area (Å²) < 4.78 is 15.6. The van der Waals surface area contributed by atoms with E-state index >= 15 is 0 Å². The molecule has 5 nitrogen and oxygen atoms in total. The molecule has 0 aromatic carbocycles. The average molecular weight is 273 g/mol. The monoisotopic (exact) mass is 273 g/mol. The van der Waals surface area contributed by atoms with Gasteiger partial charge in [0, 0.05) is 20.3 Å². The van der Waals surface area contributed by atoms with Crippen molar-refractivity contribution in [3.8, 4) is 0 Å². The molecule has 1 N–H and O–H groups in total. The maximum Gasteiger partial charge on any atom is 0.328 e. The largest absolute Gasteiger partial charge is 0.468 e. The summed E-state index contributed by atoms with van der Waals surface area (Å²) in [5.74, 6) is 0.143. The van der Waals surface area contributed by atoms with Gasteiger partial charge in [-0.05, 0) is 38.1 Å². The molecule has 0 radical (unpaired) electrons. The zero-order chi connectivity index (χ0) is 14.1. The minimum absolute atomic E-state index is 0.199. The molecule has 19 heavy (non-hydrogen) atoms. The highest BCUT2D eigenvalue weighted by atomic mass is 16.5. The zero-order valence-corrected chi connectivity index (χ0v) is 12.4. The van der Waals surface area contributed by atoms with E-state index in [0.717, 1.165) is 32.2 Å². The van der Waals surface area contributed by atoms with E-state index in [1.165, 1.54) is 7.11 Å². The molecule has 0 heterocycles. The van der Waals surface area contributed by atoms with E-state index in [9.17, 15) is 4.79 Å². The summed E-state index contributed by atoms with van der Waals surface area (Å²) in [6.07, 6.45) is 3.95. The summed E-state index contributed by atoms with van der Waals surface area (Å²) in [6.45, 7) is 4.55. The number of hydrogen-bond donors (Lipinski definition) is 1. The summed E-state index contributed by atoms with van der Waals surface area (Å²) >= 11 is 0. The molecule has 0 spiro atoms. The van der Waals surface area contributed by atoms with Crippen LogP contribution in [0.3, 0.4) is 0 Å². The van der Waals surface area contributed by atoms with Crippen molar-refractivity contribution in [2.45, 2.75) is 38.1 Å². The van der Waals surface area contributed by atoms with Gasteiger partial charge in [-0.3, -0.25) is 5.32 Å². The Kier molecular flexibility index (Phi) is 7.34. The number of ether oxygens (including phenoxy) is 3. The van der Waals surface area contributed by atoms with Crippen LogP contribution in [0.25, 0.3) is 0 Å². The Balaban J connectivity index is 2.53. The standard InChI is InChI=1S/C14H27NO4/c1-4-8-15-14(12-6-7-12,13(16)18-3)11-19-10-5-9-17-2/h12,15H,4-11H2,1-3H3. The third-order valence-corrected chi connectivity index (χ3v) is 3.48. The highest BCUT2D eigenvalue weighted by Gasteiger charge is 2.51. The van der Waals surface area contributed by atoms with Crippen LogP contribution in [0.2, 0.25) is 0 Å². The SMILES string of the molecule is CCCNC(COCCCOC)(C(=O)OC)C1CC1. The van der Waals surface area contributed by atoms with Crippen LogP contribution in [0.5, 0.6) is 0 Å². The molecule has 1 rings (SSSR count). The molecule has 1 fully saturated rings. The van der Waals surface area contributed by atoms with Crippen LogP contribution in [-0.4, -0.2) is 52.1 Å². The van der Waals surface area contributed by atoms with E-state index in [2.05, 4.69) is 12.2 Å². The maximum absolute atomic E-state index is 12.2. The van der Waals surface area contributed by atoms with Gasteiger partial charge >= 0.3 is 5.97 Å². The summed E-state index contributed by atoms with van der Waals surface area (Å²) in [7, 11) is 3.11. The highest BCUT2D eigenvalue weighted by Crippen LogP contribution is 2.40. The first-order valence-corrected chi connectivity index (χ1v) is 7.11. The number of rotatable bonds is 11. The van der Waals surface area contributed by atoms with Crippen molar-refractivity contribution in [3.05, 3.63) is 0 Å². The topological polar surface area (TPSA) is 56.8 Å². The lowest BCUT2D eigenvalue weighted by Crippen LogP contribution is -2.58. The smallest absolute Gasteiger partial charge is 0.328 e. The van der Waals surface area contributed by atoms with Crippen molar-refractivity contribution in [2.24, 2.45) is 5.92 Å². The third-order valence-electron chi connectivity index (χ3n) is 3.48. The van der Waals surface area contributed by atoms with Crippen molar-refractivity contribution < 1.29 is 19.0 Å². The van der Waals surface area contributed by atoms with Crippen LogP contribution in [0, 0.1) is 5.92 Å². The Labute approximate surface area is 116 Å². The van der Waals surface area contributed by atoms with Crippen molar-refractivity contribution in [1.82, 2.24) is 5.32 Å². The van der Waals surface area contributed by atoms with E-state index in [-0.39, 0.29) is 5.97 Å². The molecule has 0 bridgehead atoms. The molecular weight excluding hydrogens is 246 g/mol. The average Bonchev–Trinajstić information content (AvgIpc) is 3.26. The number of nitrogens with one attached hydrogen (secondary N) is 1. The molecule has 0 saturated heterocycles. The van der Waals surface area contributed by atoms with Gasteiger partial charge in [0.1, 0.15) is 5.54 Å². The van der Waals surface area contributed by atoms with Crippen LogP contribution in [0.1, 0.15) is 32.6 Å². The van der Waals surface area contributed by atoms with Crippen LogP contribution in [0.15, 0.2) is 0 Å². The fraction of sp³-hybridized carbons (Fsp3) is 0.929. The molecule has 0 aromatic rings. The lowest BCUT2D eigenvalue weighted by Gasteiger charge is -2.32. The van der Waals surface area contributed by atoms with Gasteiger partial charge in [-0.1, -0.05) is 6.92 Å². The van der Waals surface area contributed by atoms with Crippen molar-refractivity contribution >= 4 is 5.97 Å². The molecule has 112 valence electrons. The lowest BCUT2D eigenvalue weighted by molar-refractivity contribution is -0.153. The number of carbonyl (C=O) groups is 1. The molecular formula is C14H27NO4. The molecule has 0 aliphatic heterocycles. The second kappa shape index (κ2) is 8.51. The Hall–Kier alpha value is -0.650. The van der Waals surface area contributed by atoms with Gasteiger partial charge in [0.2, 0.25) is 0 Å². The van der Waals surface area contributed by atoms with E-state index in [1.54, 1.807) is 7.11 Å². The Morgan fingerprint density at radius 2 is 2.05 bits per heavy atom. The second-order valence-corrected chi connectivity index (χ2v) is 5.06. The van der Waals surface area contributed by atoms with Crippen LogP contribution in [-0.2, 0) is 19.0 Å². The number of esters is 1. The fourth-order valence-corrected chi connectivity index (χ4v) is 2.26. The normalized spacial score (nSPS) is 18.1. The van der Waals surface area contributed by atoms with Gasteiger partial charge in [-0.2, -0.15) is 0 Å². The van der Waals surface area contributed by atoms with Gasteiger partial charge in [-0.15, -0.1) is 0 Å². The zero-order valence-electron chi connectivity index (χ0n) is 12.4.